The Morgan fingerprint density at radius 2 is 1.10 bits per heavy atom. The molecule has 0 radical (unpaired) electrons. The van der Waals surface area contributed by atoms with Gasteiger partial charge in [-0.05, 0) is 109 Å². The van der Waals surface area contributed by atoms with Gasteiger partial charge in [-0.1, -0.05) is 99.9 Å². The van der Waals surface area contributed by atoms with Gasteiger partial charge in [-0.3, -0.25) is 0 Å². The van der Waals surface area contributed by atoms with E-state index in [0.29, 0.717) is 24.0 Å². The fraction of sp³-hybridized carbons (Fsp3) is 0.500. The normalized spacial score (nSPS) is 17.3. The molecule has 3 aromatic rings. The van der Waals surface area contributed by atoms with Crippen molar-refractivity contribution in [2.24, 2.45) is 11.8 Å². The minimum Gasteiger partial charge on any atom is -0.207 e. The number of benzene rings is 3. The summed E-state index contributed by atoms with van der Waals surface area (Å²) < 4.78 is 42.1. The van der Waals surface area contributed by atoms with Crippen molar-refractivity contribution in [1.82, 2.24) is 0 Å². The molecule has 0 aliphatic heterocycles. The van der Waals surface area contributed by atoms with Crippen LogP contribution in [0.2, 0.25) is 5.02 Å². The van der Waals surface area contributed by atoms with Crippen LogP contribution in [0.5, 0.6) is 0 Å². The molecule has 0 spiro atoms. The van der Waals surface area contributed by atoms with E-state index in [0.717, 1.165) is 30.2 Å². The van der Waals surface area contributed by atoms with Gasteiger partial charge < -0.3 is 0 Å². The molecule has 1 fully saturated rings. The Morgan fingerprint density at radius 1 is 0.575 bits per heavy atom. The minimum absolute atomic E-state index is 0.236. The van der Waals surface area contributed by atoms with Crippen molar-refractivity contribution in [3.63, 3.8) is 0 Å². The van der Waals surface area contributed by atoms with Crippen molar-refractivity contribution in [2.45, 2.75) is 103 Å². The Kier molecular flexibility index (Phi) is 12.0. The summed E-state index contributed by atoms with van der Waals surface area (Å²) >= 11 is 5.55. The zero-order chi connectivity index (χ0) is 28.3. The molecule has 0 nitrogen and oxygen atoms in total. The van der Waals surface area contributed by atoms with E-state index in [1.807, 2.05) is 12.1 Å². The van der Waals surface area contributed by atoms with Gasteiger partial charge in [0.25, 0.3) is 0 Å². The third kappa shape index (κ3) is 9.40. The van der Waals surface area contributed by atoms with Gasteiger partial charge in [-0.15, -0.1) is 0 Å². The molecule has 0 N–H and O–H groups in total. The minimum atomic E-state index is -0.778. The van der Waals surface area contributed by atoms with Crippen LogP contribution < -0.4 is 0 Å². The lowest BCUT2D eigenvalue weighted by atomic mass is 9.77. The molecular weight excluding hydrogens is 525 g/mol. The first-order chi connectivity index (χ1) is 19.4. The molecule has 0 bridgehead atoms. The molecule has 3 aromatic carbocycles. The number of hydrogen-bond acceptors (Lipinski definition) is 0. The van der Waals surface area contributed by atoms with Crippen LogP contribution >= 0.6 is 11.6 Å². The quantitative estimate of drug-likeness (QED) is 0.134. The van der Waals surface area contributed by atoms with E-state index in [1.165, 1.54) is 93.9 Å². The Hall–Kier alpha value is -2.26. The molecule has 0 amide bonds. The van der Waals surface area contributed by atoms with Gasteiger partial charge in [0.05, 0.1) is 0 Å². The lowest BCUT2D eigenvalue weighted by molar-refractivity contribution is 0.253. The second-order valence-corrected chi connectivity index (χ2v) is 12.3. The van der Waals surface area contributed by atoms with Crippen LogP contribution in [0.25, 0.3) is 0 Å². The average molecular weight is 569 g/mol. The Bertz CT molecular complexity index is 1170. The van der Waals surface area contributed by atoms with Gasteiger partial charge in [-0.2, -0.15) is 0 Å². The molecule has 0 atom stereocenters. The molecule has 0 aromatic heterocycles. The maximum atomic E-state index is 14.8. The summed E-state index contributed by atoms with van der Waals surface area (Å²) in [6, 6.07) is 17.2. The molecular formula is C36H44ClF3. The first-order valence-electron chi connectivity index (χ1n) is 15.4. The highest BCUT2D eigenvalue weighted by atomic mass is 35.5. The Labute approximate surface area is 244 Å². The molecule has 4 heteroatoms. The van der Waals surface area contributed by atoms with Crippen LogP contribution in [-0.2, 0) is 32.1 Å². The second-order valence-electron chi connectivity index (χ2n) is 11.9. The summed E-state index contributed by atoms with van der Waals surface area (Å²) in [6.07, 6.45) is 16.8. The predicted molar refractivity (Wildman–Crippen MR) is 162 cm³/mol. The maximum Gasteiger partial charge on any atom is 0.145 e. The third-order valence-corrected chi connectivity index (χ3v) is 9.20. The highest BCUT2D eigenvalue weighted by Gasteiger charge is 2.21. The molecule has 40 heavy (non-hydrogen) atoms. The van der Waals surface area contributed by atoms with Gasteiger partial charge >= 0.3 is 0 Å². The number of aryl methyl sites for hydroxylation is 5. The monoisotopic (exact) mass is 568 g/mol. The molecule has 1 saturated carbocycles. The van der Waals surface area contributed by atoms with Crippen LogP contribution in [0.1, 0.15) is 98.9 Å². The zero-order valence-electron chi connectivity index (χ0n) is 24.0. The van der Waals surface area contributed by atoms with Crippen molar-refractivity contribution in [1.29, 1.82) is 0 Å². The van der Waals surface area contributed by atoms with Gasteiger partial charge in [-0.25, -0.2) is 13.2 Å². The largest absolute Gasteiger partial charge is 0.207 e. The van der Waals surface area contributed by atoms with Crippen molar-refractivity contribution in [2.75, 3.05) is 0 Å². The summed E-state index contributed by atoms with van der Waals surface area (Å²) in [7, 11) is 0. The summed E-state index contributed by atoms with van der Waals surface area (Å²) in [5.74, 6) is -0.246. The summed E-state index contributed by atoms with van der Waals surface area (Å²) in [5.41, 5.74) is 5.02. The Morgan fingerprint density at radius 3 is 1.68 bits per heavy atom. The van der Waals surface area contributed by atoms with Gasteiger partial charge in [0, 0.05) is 0 Å². The van der Waals surface area contributed by atoms with Gasteiger partial charge in [0.2, 0.25) is 0 Å². The van der Waals surface area contributed by atoms with E-state index in [4.69, 9.17) is 11.6 Å². The highest BCUT2D eigenvalue weighted by Crippen LogP contribution is 2.34. The first-order valence-corrected chi connectivity index (χ1v) is 15.8. The lowest BCUT2D eigenvalue weighted by Crippen LogP contribution is -2.16. The molecule has 0 heterocycles. The number of unbranched alkanes of at least 4 members (excludes halogenated alkanes) is 3. The topological polar surface area (TPSA) is 0 Å². The van der Waals surface area contributed by atoms with Crippen LogP contribution in [0.4, 0.5) is 13.2 Å². The lowest BCUT2D eigenvalue weighted by Gasteiger charge is -2.28. The number of hydrogen-bond donors (Lipinski definition) is 0. The fourth-order valence-corrected chi connectivity index (χ4v) is 6.27. The van der Waals surface area contributed by atoms with Gasteiger partial charge in [0.15, 0.2) is 0 Å². The van der Waals surface area contributed by atoms with Crippen LogP contribution in [-0.4, -0.2) is 0 Å². The molecule has 0 unspecified atom stereocenters. The smallest absolute Gasteiger partial charge is 0.145 e. The van der Waals surface area contributed by atoms with E-state index < -0.39 is 16.7 Å². The predicted octanol–water partition coefficient (Wildman–Crippen LogP) is 11.0. The number of rotatable bonds is 14. The van der Waals surface area contributed by atoms with E-state index >= 15 is 0 Å². The van der Waals surface area contributed by atoms with E-state index in [-0.39, 0.29) is 5.82 Å². The van der Waals surface area contributed by atoms with Crippen molar-refractivity contribution < 1.29 is 13.2 Å². The summed E-state index contributed by atoms with van der Waals surface area (Å²) in [4.78, 5) is 0. The highest BCUT2D eigenvalue weighted by molar-refractivity contribution is 6.30. The molecule has 1 aliphatic carbocycles. The first kappa shape index (κ1) is 30.7. The average Bonchev–Trinajstić information content (AvgIpc) is 2.96. The SMILES string of the molecule is CCCCCCc1ccc(CCC2CCC(CCc3ccc(CCc4cc(F)c(Cl)c(F)c4)c(F)c3)CC2)cc1. The summed E-state index contributed by atoms with van der Waals surface area (Å²) in [6.45, 7) is 2.26. The molecule has 4 rings (SSSR count). The van der Waals surface area contributed by atoms with Crippen molar-refractivity contribution in [3.8, 4) is 0 Å². The standard InChI is InChI=1S/C36H44ClF3/c1-2-3-4-5-6-26-7-9-27(10-8-26)11-12-28-13-15-29(16-14-28)17-18-30-19-21-32(33(38)23-30)22-20-31-24-34(39)36(37)35(40)25-31/h7-10,19,21,23-25,28-29H,2-6,11-18,20,22H2,1H3. The van der Waals surface area contributed by atoms with Crippen LogP contribution in [0.3, 0.4) is 0 Å². The second kappa shape index (κ2) is 15.7. The Balaban J connectivity index is 1.14. The third-order valence-electron chi connectivity index (χ3n) is 8.83. The fourth-order valence-electron chi connectivity index (χ4n) is 6.16. The molecule has 1 aliphatic rings. The maximum absolute atomic E-state index is 14.8. The molecule has 216 valence electrons. The van der Waals surface area contributed by atoms with E-state index in [1.54, 1.807) is 6.07 Å². The summed E-state index contributed by atoms with van der Waals surface area (Å²) in [5, 5.41) is -0.498. The number of halogens is 4. The zero-order valence-corrected chi connectivity index (χ0v) is 24.7. The van der Waals surface area contributed by atoms with Crippen LogP contribution in [0.15, 0.2) is 54.6 Å². The van der Waals surface area contributed by atoms with E-state index in [9.17, 15) is 13.2 Å². The van der Waals surface area contributed by atoms with Crippen molar-refractivity contribution in [3.05, 3.63) is 105 Å². The molecule has 0 saturated heterocycles. The van der Waals surface area contributed by atoms with E-state index in [2.05, 4.69) is 31.2 Å². The van der Waals surface area contributed by atoms with Crippen molar-refractivity contribution >= 4 is 11.6 Å². The van der Waals surface area contributed by atoms with Crippen LogP contribution in [0, 0.1) is 29.3 Å². The van der Waals surface area contributed by atoms with Gasteiger partial charge in [0.1, 0.15) is 22.5 Å².